The first-order valence-corrected chi connectivity index (χ1v) is 4.64. The molecular weight excluding hydrogens is 172 g/mol. The van der Waals surface area contributed by atoms with E-state index in [1.54, 1.807) is 7.11 Å². The van der Waals surface area contributed by atoms with Gasteiger partial charge in [0.1, 0.15) is 0 Å². The van der Waals surface area contributed by atoms with Crippen LogP contribution in [0.2, 0.25) is 0 Å². The molecule has 0 aromatic rings. The summed E-state index contributed by atoms with van der Waals surface area (Å²) in [6.07, 6.45) is 1.08. The maximum absolute atomic E-state index is 5.03. The molecule has 2 N–H and O–H groups in total. The molecule has 72 valence electrons. The van der Waals surface area contributed by atoms with Crippen LogP contribution in [0.1, 0.15) is 20.3 Å². The van der Waals surface area contributed by atoms with E-state index >= 15 is 0 Å². The molecule has 0 aliphatic heterocycles. The minimum absolute atomic E-state index is 0.270. The van der Waals surface area contributed by atoms with Crippen LogP contribution >= 0.6 is 12.2 Å². The largest absolute Gasteiger partial charge is 0.383 e. The molecule has 1 atom stereocenters. The lowest BCUT2D eigenvalue weighted by Gasteiger charge is -2.15. The van der Waals surface area contributed by atoms with Gasteiger partial charge >= 0.3 is 0 Å². The SMILES string of the molecule is CCCNC(=S)NC(C)COC. The molecule has 0 saturated carbocycles. The molecule has 0 aromatic heterocycles. The third-order valence-corrected chi connectivity index (χ3v) is 1.59. The maximum Gasteiger partial charge on any atom is 0.166 e. The Kier molecular flexibility index (Phi) is 7.09. The summed E-state index contributed by atoms with van der Waals surface area (Å²) in [6, 6.07) is 0.270. The van der Waals surface area contributed by atoms with E-state index in [0.29, 0.717) is 11.7 Å². The van der Waals surface area contributed by atoms with E-state index in [0.717, 1.165) is 13.0 Å². The second-order valence-electron chi connectivity index (χ2n) is 2.76. The zero-order valence-electron chi connectivity index (χ0n) is 8.02. The van der Waals surface area contributed by atoms with Crippen LogP contribution in [-0.2, 0) is 4.74 Å². The highest BCUT2D eigenvalue weighted by atomic mass is 32.1. The van der Waals surface area contributed by atoms with E-state index in [9.17, 15) is 0 Å². The van der Waals surface area contributed by atoms with E-state index < -0.39 is 0 Å². The lowest BCUT2D eigenvalue weighted by Crippen LogP contribution is -2.42. The molecule has 1 unspecified atom stereocenters. The number of ether oxygens (including phenoxy) is 1. The minimum atomic E-state index is 0.270. The van der Waals surface area contributed by atoms with Crippen molar-refractivity contribution in [1.29, 1.82) is 0 Å². The molecule has 0 amide bonds. The van der Waals surface area contributed by atoms with Gasteiger partial charge in [-0.05, 0) is 25.6 Å². The number of rotatable bonds is 5. The van der Waals surface area contributed by atoms with Gasteiger partial charge in [-0.25, -0.2) is 0 Å². The monoisotopic (exact) mass is 190 g/mol. The summed E-state index contributed by atoms with van der Waals surface area (Å²) in [6.45, 7) is 5.73. The molecule has 0 aliphatic rings. The first-order chi connectivity index (χ1) is 5.70. The van der Waals surface area contributed by atoms with Gasteiger partial charge in [0, 0.05) is 19.7 Å². The Morgan fingerprint density at radius 1 is 1.58 bits per heavy atom. The number of nitrogens with one attached hydrogen (secondary N) is 2. The van der Waals surface area contributed by atoms with E-state index in [1.165, 1.54) is 0 Å². The van der Waals surface area contributed by atoms with Crippen molar-refractivity contribution in [3.8, 4) is 0 Å². The normalized spacial score (nSPS) is 12.2. The van der Waals surface area contributed by atoms with Crippen LogP contribution < -0.4 is 10.6 Å². The van der Waals surface area contributed by atoms with Crippen LogP contribution in [0.5, 0.6) is 0 Å². The summed E-state index contributed by atoms with van der Waals surface area (Å²) in [5, 5.41) is 6.91. The van der Waals surface area contributed by atoms with Crippen LogP contribution in [0, 0.1) is 0 Å². The van der Waals surface area contributed by atoms with E-state index in [-0.39, 0.29) is 6.04 Å². The van der Waals surface area contributed by atoms with Gasteiger partial charge in [0.2, 0.25) is 0 Å². The van der Waals surface area contributed by atoms with Gasteiger partial charge in [0.05, 0.1) is 6.61 Å². The number of hydrogen-bond acceptors (Lipinski definition) is 2. The average molecular weight is 190 g/mol. The maximum atomic E-state index is 5.03. The Hall–Kier alpha value is -0.350. The summed E-state index contributed by atoms with van der Waals surface area (Å²) >= 11 is 5.03. The summed E-state index contributed by atoms with van der Waals surface area (Å²) in [5.74, 6) is 0. The standard InChI is InChI=1S/C8H18N2OS/c1-4-5-9-8(12)10-7(2)6-11-3/h7H,4-6H2,1-3H3,(H2,9,10,12). The Morgan fingerprint density at radius 2 is 2.25 bits per heavy atom. The quantitative estimate of drug-likeness (QED) is 0.631. The smallest absolute Gasteiger partial charge is 0.166 e. The topological polar surface area (TPSA) is 33.3 Å². The van der Waals surface area contributed by atoms with Gasteiger partial charge in [0.25, 0.3) is 0 Å². The zero-order chi connectivity index (χ0) is 9.40. The molecule has 0 saturated heterocycles. The van der Waals surface area contributed by atoms with Gasteiger partial charge in [0.15, 0.2) is 5.11 Å². The highest BCUT2D eigenvalue weighted by Gasteiger charge is 2.01. The fourth-order valence-electron chi connectivity index (χ4n) is 0.805. The van der Waals surface area contributed by atoms with Gasteiger partial charge in [-0.15, -0.1) is 0 Å². The third-order valence-electron chi connectivity index (χ3n) is 1.33. The van der Waals surface area contributed by atoms with Gasteiger partial charge < -0.3 is 15.4 Å². The summed E-state index contributed by atoms with van der Waals surface area (Å²) < 4.78 is 4.96. The second-order valence-corrected chi connectivity index (χ2v) is 3.16. The van der Waals surface area contributed by atoms with Crippen molar-refractivity contribution < 1.29 is 4.74 Å². The predicted octanol–water partition coefficient (Wildman–Crippen LogP) is 0.895. The van der Waals surface area contributed by atoms with Gasteiger partial charge in [-0.1, -0.05) is 6.92 Å². The molecule has 0 bridgehead atoms. The molecule has 4 heteroatoms. The highest BCUT2D eigenvalue weighted by molar-refractivity contribution is 7.80. The second kappa shape index (κ2) is 7.31. The predicted molar refractivity (Wildman–Crippen MR) is 55.4 cm³/mol. The summed E-state index contributed by atoms with van der Waals surface area (Å²) in [7, 11) is 1.68. The Bertz CT molecular complexity index is 130. The zero-order valence-corrected chi connectivity index (χ0v) is 8.83. The van der Waals surface area contributed by atoms with Crippen LogP contribution in [0.3, 0.4) is 0 Å². The van der Waals surface area contributed by atoms with Crippen LogP contribution in [-0.4, -0.2) is 31.4 Å². The first kappa shape index (κ1) is 11.6. The molecule has 0 spiro atoms. The lowest BCUT2D eigenvalue weighted by atomic mass is 10.4. The van der Waals surface area contributed by atoms with Crippen molar-refractivity contribution in [2.75, 3.05) is 20.3 Å². The van der Waals surface area contributed by atoms with Crippen molar-refractivity contribution in [1.82, 2.24) is 10.6 Å². The fraction of sp³-hybridized carbons (Fsp3) is 0.875. The minimum Gasteiger partial charge on any atom is -0.383 e. The molecule has 0 fully saturated rings. The molecule has 0 rings (SSSR count). The molecule has 3 nitrogen and oxygen atoms in total. The van der Waals surface area contributed by atoms with Crippen LogP contribution in [0.15, 0.2) is 0 Å². The molecular formula is C8H18N2OS. The van der Waals surface area contributed by atoms with Crippen molar-refractivity contribution in [3.63, 3.8) is 0 Å². The molecule has 0 radical (unpaired) electrons. The number of methoxy groups -OCH3 is 1. The van der Waals surface area contributed by atoms with E-state index in [4.69, 9.17) is 17.0 Å². The highest BCUT2D eigenvalue weighted by Crippen LogP contribution is 1.82. The fourth-order valence-corrected chi connectivity index (χ4v) is 1.11. The third kappa shape index (κ3) is 6.37. The Morgan fingerprint density at radius 3 is 2.75 bits per heavy atom. The molecule has 12 heavy (non-hydrogen) atoms. The van der Waals surface area contributed by atoms with Gasteiger partial charge in [-0.3, -0.25) is 0 Å². The van der Waals surface area contributed by atoms with Crippen LogP contribution in [0.4, 0.5) is 0 Å². The Balaban J connectivity index is 3.40. The number of thiocarbonyl (C=S) groups is 1. The van der Waals surface area contributed by atoms with Crippen molar-refractivity contribution in [2.24, 2.45) is 0 Å². The first-order valence-electron chi connectivity index (χ1n) is 4.24. The molecule has 0 aliphatic carbocycles. The number of hydrogen-bond donors (Lipinski definition) is 2. The molecule has 0 heterocycles. The van der Waals surface area contributed by atoms with E-state index in [1.807, 2.05) is 6.92 Å². The van der Waals surface area contributed by atoms with Crippen molar-refractivity contribution in [3.05, 3.63) is 0 Å². The Labute approximate surface area is 79.9 Å². The average Bonchev–Trinajstić information content (AvgIpc) is 2.01. The lowest BCUT2D eigenvalue weighted by molar-refractivity contribution is 0.179. The van der Waals surface area contributed by atoms with E-state index in [2.05, 4.69) is 17.6 Å². The van der Waals surface area contributed by atoms with Crippen molar-refractivity contribution in [2.45, 2.75) is 26.3 Å². The van der Waals surface area contributed by atoms with Crippen LogP contribution in [0.25, 0.3) is 0 Å². The van der Waals surface area contributed by atoms with Crippen molar-refractivity contribution >= 4 is 17.3 Å². The molecule has 0 aromatic carbocycles. The van der Waals surface area contributed by atoms with Gasteiger partial charge in [-0.2, -0.15) is 0 Å². The summed E-state index contributed by atoms with van der Waals surface area (Å²) in [4.78, 5) is 0. The summed E-state index contributed by atoms with van der Waals surface area (Å²) in [5.41, 5.74) is 0.